The van der Waals surface area contributed by atoms with Gasteiger partial charge in [0.2, 0.25) is 5.78 Å². The highest BCUT2D eigenvalue weighted by atomic mass is 19.2. The number of rotatable bonds is 4. The number of aryl methyl sites for hydroxylation is 2. The summed E-state index contributed by atoms with van der Waals surface area (Å²) in [6.07, 6.45) is 0.641. The van der Waals surface area contributed by atoms with Gasteiger partial charge in [-0.2, -0.15) is 0 Å². The van der Waals surface area contributed by atoms with Crippen LogP contribution >= 0.6 is 0 Å². The van der Waals surface area contributed by atoms with Crippen molar-refractivity contribution in [2.75, 3.05) is 0 Å². The summed E-state index contributed by atoms with van der Waals surface area (Å²) in [5, 5.41) is 8.94. The predicted molar refractivity (Wildman–Crippen MR) is 110 cm³/mol. The highest BCUT2D eigenvalue weighted by molar-refractivity contribution is 5.82. The number of fused-ring (bicyclic) bond motifs is 3. The first-order valence-electron chi connectivity index (χ1n) is 9.49. The van der Waals surface area contributed by atoms with Crippen LogP contribution in [-0.4, -0.2) is 19.2 Å². The molecule has 0 unspecified atom stereocenters. The Balaban J connectivity index is 1.74. The van der Waals surface area contributed by atoms with Crippen LogP contribution in [0, 0.1) is 11.6 Å². The maximum atomic E-state index is 13.8. The highest BCUT2D eigenvalue weighted by Gasteiger charge is 2.18. The van der Waals surface area contributed by atoms with Crippen LogP contribution in [0.5, 0.6) is 0 Å². The molecule has 2 heterocycles. The third-order valence-electron chi connectivity index (χ3n) is 5.15. The van der Waals surface area contributed by atoms with E-state index in [1.54, 1.807) is 27.2 Å². The number of nitrogens with zero attached hydrogens (tertiary/aromatic N) is 4. The van der Waals surface area contributed by atoms with Gasteiger partial charge in [-0.15, -0.1) is 10.2 Å². The minimum Gasteiger partial charge on any atom is -0.276 e. The molecule has 0 radical (unpaired) electrons. The highest BCUT2D eigenvalue weighted by Crippen LogP contribution is 2.24. The fraction of sp³-hybridized carbons (Fsp3) is 0.0870. The minimum atomic E-state index is -0.967. The van der Waals surface area contributed by atoms with Gasteiger partial charge in [-0.05, 0) is 42.3 Å². The molecule has 7 heteroatoms. The predicted octanol–water partition coefficient (Wildman–Crippen LogP) is 4.23. The van der Waals surface area contributed by atoms with Crippen molar-refractivity contribution in [1.29, 1.82) is 0 Å². The summed E-state index contributed by atoms with van der Waals surface area (Å²) in [6, 6.07) is 20.6. The Bertz CT molecular complexity index is 1440. The zero-order valence-corrected chi connectivity index (χ0v) is 15.8. The Morgan fingerprint density at radius 3 is 2.40 bits per heavy atom. The minimum absolute atomic E-state index is 0.168. The van der Waals surface area contributed by atoms with Crippen molar-refractivity contribution >= 4 is 16.7 Å². The lowest BCUT2D eigenvalue weighted by molar-refractivity contribution is 0.509. The van der Waals surface area contributed by atoms with E-state index in [0.29, 0.717) is 41.0 Å². The fourth-order valence-electron chi connectivity index (χ4n) is 3.67. The molecule has 0 aliphatic carbocycles. The van der Waals surface area contributed by atoms with Crippen molar-refractivity contribution in [3.8, 4) is 11.4 Å². The molecule has 5 rings (SSSR count). The van der Waals surface area contributed by atoms with E-state index in [0.717, 1.165) is 17.7 Å². The normalized spacial score (nSPS) is 11.4. The first-order chi connectivity index (χ1) is 14.6. The van der Waals surface area contributed by atoms with Crippen LogP contribution in [-0.2, 0) is 13.0 Å². The van der Waals surface area contributed by atoms with E-state index in [9.17, 15) is 13.6 Å². The van der Waals surface area contributed by atoms with Gasteiger partial charge in [-0.3, -0.25) is 13.8 Å². The molecule has 148 valence electrons. The van der Waals surface area contributed by atoms with Gasteiger partial charge < -0.3 is 0 Å². The zero-order valence-electron chi connectivity index (χ0n) is 15.8. The standard InChI is InChI=1S/C23H16F2N4O/c24-18-11-10-16(14-19(18)25)21-26-27-23-28(13-12-15-6-2-1-3-7-15)22(30)17-8-4-5-9-20(17)29(21)23/h1-11,14H,12-13H2. The Hall–Kier alpha value is -3.87. The molecule has 0 saturated heterocycles. The number of benzene rings is 3. The van der Waals surface area contributed by atoms with E-state index in [-0.39, 0.29) is 5.56 Å². The van der Waals surface area contributed by atoms with E-state index < -0.39 is 11.6 Å². The molecule has 0 bridgehead atoms. The lowest BCUT2D eigenvalue weighted by atomic mass is 10.1. The van der Waals surface area contributed by atoms with Crippen LogP contribution in [0.15, 0.2) is 77.6 Å². The third-order valence-corrected chi connectivity index (χ3v) is 5.15. The molecule has 0 aliphatic rings. The number of para-hydroxylation sites is 1. The van der Waals surface area contributed by atoms with Gasteiger partial charge in [0.1, 0.15) is 0 Å². The van der Waals surface area contributed by atoms with Gasteiger partial charge in [0.25, 0.3) is 5.56 Å². The van der Waals surface area contributed by atoms with Gasteiger partial charge in [0.15, 0.2) is 17.5 Å². The molecule has 0 amide bonds. The Morgan fingerprint density at radius 1 is 0.833 bits per heavy atom. The van der Waals surface area contributed by atoms with Crippen LogP contribution < -0.4 is 5.56 Å². The van der Waals surface area contributed by atoms with Gasteiger partial charge >= 0.3 is 0 Å². The van der Waals surface area contributed by atoms with E-state index in [2.05, 4.69) is 10.2 Å². The van der Waals surface area contributed by atoms with E-state index in [4.69, 9.17) is 0 Å². The summed E-state index contributed by atoms with van der Waals surface area (Å²) in [5.41, 5.74) is 1.91. The molecule has 2 aromatic heterocycles. The second-order valence-electron chi connectivity index (χ2n) is 7.00. The lowest BCUT2D eigenvalue weighted by Gasteiger charge is -2.11. The Kier molecular flexibility index (Phi) is 4.35. The molecular formula is C23H16F2N4O. The molecule has 30 heavy (non-hydrogen) atoms. The smallest absolute Gasteiger partial charge is 0.262 e. The second kappa shape index (κ2) is 7.18. The van der Waals surface area contributed by atoms with Crippen molar-refractivity contribution in [1.82, 2.24) is 19.2 Å². The Labute approximate surface area is 169 Å². The van der Waals surface area contributed by atoms with E-state index >= 15 is 0 Å². The topological polar surface area (TPSA) is 52.2 Å². The van der Waals surface area contributed by atoms with Crippen LogP contribution in [0.4, 0.5) is 8.78 Å². The summed E-state index contributed by atoms with van der Waals surface area (Å²) in [4.78, 5) is 13.2. The van der Waals surface area contributed by atoms with E-state index in [1.807, 2.05) is 36.4 Å². The maximum absolute atomic E-state index is 13.8. The number of hydrogen-bond acceptors (Lipinski definition) is 3. The average Bonchev–Trinajstić information content (AvgIpc) is 3.21. The molecule has 5 nitrogen and oxygen atoms in total. The zero-order chi connectivity index (χ0) is 20.7. The molecule has 0 saturated carbocycles. The summed E-state index contributed by atoms with van der Waals surface area (Å²) >= 11 is 0. The van der Waals surface area contributed by atoms with Crippen LogP contribution in [0.2, 0.25) is 0 Å². The molecular weight excluding hydrogens is 386 g/mol. The van der Waals surface area contributed by atoms with Gasteiger partial charge in [-0.25, -0.2) is 8.78 Å². The van der Waals surface area contributed by atoms with Gasteiger partial charge in [0.05, 0.1) is 10.9 Å². The SMILES string of the molecule is O=c1c2ccccc2n2c(-c3ccc(F)c(F)c3)nnc2n1CCc1ccccc1. The number of halogens is 2. The summed E-state index contributed by atoms with van der Waals surface area (Å²) in [7, 11) is 0. The molecule has 0 atom stereocenters. The molecule has 0 aliphatic heterocycles. The fourth-order valence-corrected chi connectivity index (χ4v) is 3.67. The number of aromatic nitrogens is 4. The summed E-state index contributed by atoms with van der Waals surface area (Å²) in [6.45, 7) is 0.410. The third kappa shape index (κ3) is 2.95. The molecule has 5 aromatic rings. The van der Waals surface area contributed by atoms with Crippen molar-refractivity contribution in [3.63, 3.8) is 0 Å². The molecule has 3 aromatic carbocycles. The number of hydrogen-bond donors (Lipinski definition) is 0. The Morgan fingerprint density at radius 2 is 1.60 bits per heavy atom. The second-order valence-corrected chi connectivity index (χ2v) is 7.00. The first kappa shape index (κ1) is 18.2. The van der Waals surface area contributed by atoms with Gasteiger partial charge in [0, 0.05) is 12.1 Å². The van der Waals surface area contributed by atoms with Crippen molar-refractivity contribution < 1.29 is 8.78 Å². The van der Waals surface area contributed by atoms with Crippen LogP contribution in [0.3, 0.4) is 0 Å². The maximum Gasteiger partial charge on any atom is 0.262 e. The largest absolute Gasteiger partial charge is 0.276 e. The molecule has 0 fully saturated rings. The van der Waals surface area contributed by atoms with Crippen LogP contribution in [0.25, 0.3) is 28.1 Å². The lowest BCUT2D eigenvalue weighted by Crippen LogP contribution is -2.24. The summed E-state index contributed by atoms with van der Waals surface area (Å²) in [5.74, 6) is -1.20. The first-order valence-corrected chi connectivity index (χ1v) is 9.49. The van der Waals surface area contributed by atoms with Crippen LogP contribution in [0.1, 0.15) is 5.56 Å². The molecule has 0 spiro atoms. The van der Waals surface area contributed by atoms with Gasteiger partial charge in [-0.1, -0.05) is 42.5 Å². The molecule has 0 N–H and O–H groups in total. The average molecular weight is 402 g/mol. The van der Waals surface area contributed by atoms with E-state index in [1.165, 1.54) is 6.07 Å². The monoisotopic (exact) mass is 402 g/mol. The van der Waals surface area contributed by atoms with Crippen molar-refractivity contribution in [2.24, 2.45) is 0 Å². The quantitative estimate of drug-likeness (QED) is 0.452. The van der Waals surface area contributed by atoms with Crippen molar-refractivity contribution in [2.45, 2.75) is 13.0 Å². The van der Waals surface area contributed by atoms with Crippen molar-refractivity contribution in [3.05, 3.63) is 100 Å². The summed E-state index contributed by atoms with van der Waals surface area (Å²) < 4.78 is 30.6.